The van der Waals surface area contributed by atoms with Crippen LogP contribution in [0.2, 0.25) is 0 Å². The summed E-state index contributed by atoms with van der Waals surface area (Å²) in [5, 5.41) is 3.66. The van der Waals surface area contributed by atoms with E-state index in [1.54, 1.807) is 0 Å². The number of hydrogen-bond donors (Lipinski definition) is 1. The van der Waals surface area contributed by atoms with Crippen LogP contribution in [0.4, 0.5) is 0 Å². The van der Waals surface area contributed by atoms with Gasteiger partial charge in [0.2, 0.25) is 0 Å². The Morgan fingerprint density at radius 3 is 2.79 bits per heavy atom. The van der Waals surface area contributed by atoms with Crippen LogP contribution in [0.25, 0.3) is 0 Å². The fourth-order valence-electron chi connectivity index (χ4n) is 2.62. The fourth-order valence-corrected chi connectivity index (χ4v) is 4.24. The van der Waals surface area contributed by atoms with Crippen LogP contribution >= 0.6 is 27.3 Å². The summed E-state index contributed by atoms with van der Waals surface area (Å²) >= 11 is 5.53. The van der Waals surface area contributed by atoms with Crippen molar-refractivity contribution in [1.82, 2.24) is 10.2 Å². The highest BCUT2D eigenvalue weighted by Crippen LogP contribution is 2.28. The minimum Gasteiger partial charge on any atom is -0.313 e. The molecule has 2 rings (SSSR count). The predicted octanol–water partition coefficient (Wildman–Crippen LogP) is 4.17. The van der Waals surface area contributed by atoms with Crippen molar-refractivity contribution in [2.24, 2.45) is 0 Å². The molecule has 2 nitrogen and oxygen atoms in total. The predicted molar refractivity (Wildman–Crippen MR) is 87.9 cm³/mol. The van der Waals surface area contributed by atoms with Crippen molar-refractivity contribution in [3.8, 4) is 0 Å². The van der Waals surface area contributed by atoms with Gasteiger partial charge >= 0.3 is 0 Å². The zero-order chi connectivity index (χ0) is 13.8. The van der Waals surface area contributed by atoms with E-state index in [0.29, 0.717) is 12.1 Å². The van der Waals surface area contributed by atoms with Gasteiger partial charge in [-0.15, -0.1) is 11.3 Å². The molecule has 19 heavy (non-hydrogen) atoms. The molecule has 1 unspecified atom stereocenters. The lowest BCUT2D eigenvalue weighted by molar-refractivity contribution is 0.178. The van der Waals surface area contributed by atoms with Crippen molar-refractivity contribution in [3.05, 3.63) is 20.3 Å². The summed E-state index contributed by atoms with van der Waals surface area (Å²) in [6.07, 6.45) is 4.05. The van der Waals surface area contributed by atoms with E-state index in [2.05, 4.69) is 53.0 Å². The molecule has 0 spiro atoms. The molecule has 4 heteroatoms. The van der Waals surface area contributed by atoms with Gasteiger partial charge in [-0.05, 0) is 62.2 Å². The van der Waals surface area contributed by atoms with Gasteiger partial charge in [0.1, 0.15) is 0 Å². The fraction of sp³-hybridized carbons (Fsp3) is 0.733. The SMILES string of the molecule is Cc1sc(CN(CC2CCCCN2)C(C)C)cc1Br. The molecular weight excluding hydrogens is 320 g/mol. The molecule has 0 saturated carbocycles. The van der Waals surface area contributed by atoms with E-state index in [4.69, 9.17) is 0 Å². The zero-order valence-electron chi connectivity index (χ0n) is 12.2. The highest BCUT2D eigenvalue weighted by molar-refractivity contribution is 9.10. The third kappa shape index (κ3) is 4.55. The Balaban J connectivity index is 1.95. The molecular formula is C15H25BrN2S. The van der Waals surface area contributed by atoms with Crippen LogP contribution in [-0.4, -0.2) is 30.1 Å². The monoisotopic (exact) mass is 344 g/mol. The van der Waals surface area contributed by atoms with Crippen molar-refractivity contribution in [2.75, 3.05) is 13.1 Å². The minimum absolute atomic E-state index is 0.602. The molecule has 2 heterocycles. The summed E-state index contributed by atoms with van der Waals surface area (Å²) in [6, 6.07) is 3.56. The van der Waals surface area contributed by atoms with E-state index in [9.17, 15) is 0 Å². The highest BCUT2D eigenvalue weighted by atomic mass is 79.9. The number of rotatable bonds is 5. The molecule has 1 aliphatic heterocycles. The second-order valence-corrected chi connectivity index (χ2v) is 7.98. The molecule has 0 bridgehead atoms. The third-order valence-electron chi connectivity index (χ3n) is 3.86. The summed E-state index contributed by atoms with van der Waals surface area (Å²) in [6.45, 7) is 10.2. The smallest absolute Gasteiger partial charge is 0.0331 e. The lowest BCUT2D eigenvalue weighted by Crippen LogP contribution is -2.45. The van der Waals surface area contributed by atoms with Crippen molar-refractivity contribution in [2.45, 2.75) is 58.7 Å². The first-order valence-electron chi connectivity index (χ1n) is 7.28. The summed E-state index contributed by atoms with van der Waals surface area (Å²) in [5.74, 6) is 0. The van der Waals surface area contributed by atoms with Crippen molar-refractivity contribution in [1.29, 1.82) is 0 Å². The molecule has 0 aliphatic carbocycles. The second-order valence-electron chi connectivity index (χ2n) is 5.79. The number of hydrogen-bond acceptors (Lipinski definition) is 3. The van der Waals surface area contributed by atoms with Gasteiger partial charge in [-0.3, -0.25) is 4.90 Å². The summed E-state index contributed by atoms with van der Waals surface area (Å²) < 4.78 is 1.26. The first-order chi connectivity index (χ1) is 9.06. The molecule has 0 aromatic carbocycles. The standard InChI is InChI=1S/C15H25BrN2S/c1-11(2)18(9-13-6-4-5-7-17-13)10-14-8-15(16)12(3)19-14/h8,11,13,17H,4-7,9-10H2,1-3H3. The lowest BCUT2D eigenvalue weighted by Gasteiger charge is -2.32. The minimum atomic E-state index is 0.602. The van der Waals surface area contributed by atoms with E-state index in [1.807, 2.05) is 11.3 Å². The van der Waals surface area contributed by atoms with Gasteiger partial charge < -0.3 is 5.32 Å². The van der Waals surface area contributed by atoms with Crippen LogP contribution < -0.4 is 5.32 Å². The third-order valence-corrected chi connectivity index (χ3v) is 5.99. The maximum atomic E-state index is 3.66. The highest BCUT2D eigenvalue weighted by Gasteiger charge is 2.19. The Labute approximate surface area is 129 Å². The van der Waals surface area contributed by atoms with Gasteiger partial charge in [0.25, 0.3) is 0 Å². The molecule has 0 amide bonds. The number of nitrogens with zero attached hydrogens (tertiary/aromatic N) is 1. The molecule has 1 saturated heterocycles. The molecule has 1 N–H and O–H groups in total. The number of piperidine rings is 1. The number of nitrogens with one attached hydrogen (secondary N) is 1. The average Bonchev–Trinajstić information content (AvgIpc) is 2.69. The van der Waals surface area contributed by atoms with Gasteiger partial charge in [0.15, 0.2) is 0 Å². The summed E-state index contributed by atoms with van der Waals surface area (Å²) in [5.41, 5.74) is 0. The maximum Gasteiger partial charge on any atom is 0.0331 e. The molecule has 1 aliphatic rings. The van der Waals surface area contributed by atoms with Crippen LogP contribution in [0.1, 0.15) is 42.9 Å². The van der Waals surface area contributed by atoms with Gasteiger partial charge in [0.05, 0.1) is 0 Å². The first kappa shape index (κ1) is 15.5. The molecule has 0 radical (unpaired) electrons. The van der Waals surface area contributed by atoms with Crippen LogP contribution in [0, 0.1) is 6.92 Å². The Morgan fingerprint density at radius 1 is 1.47 bits per heavy atom. The van der Waals surface area contributed by atoms with Gasteiger partial charge in [0, 0.05) is 39.4 Å². The Morgan fingerprint density at radius 2 is 2.26 bits per heavy atom. The number of halogens is 1. The van der Waals surface area contributed by atoms with Crippen LogP contribution in [-0.2, 0) is 6.54 Å². The van der Waals surface area contributed by atoms with Crippen molar-refractivity contribution in [3.63, 3.8) is 0 Å². The van der Waals surface area contributed by atoms with Gasteiger partial charge in [-0.2, -0.15) is 0 Å². The Hall–Kier alpha value is 0.100. The molecule has 1 aromatic heterocycles. The van der Waals surface area contributed by atoms with Gasteiger partial charge in [-0.1, -0.05) is 6.42 Å². The van der Waals surface area contributed by atoms with E-state index in [-0.39, 0.29) is 0 Å². The van der Waals surface area contributed by atoms with Crippen LogP contribution in [0.5, 0.6) is 0 Å². The van der Waals surface area contributed by atoms with E-state index in [1.165, 1.54) is 46.6 Å². The number of thiophene rings is 1. The van der Waals surface area contributed by atoms with Crippen molar-refractivity contribution < 1.29 is 0 Å². The number of aryl methyl sites for hydroxylation is 1. The van der Waals surface area contributed by atoms with Crippen molar-refractivity contribution >= 4 is 27.3 Å². The molecule has 1 aromatic rings. The Kier molecular flexibility index (Phi) is 5.87. The van der Waals surface area contributed by atoms with E-state index < -0.39 is 0 Å². The molecule has 1 fully saturated rings. The summed E-state index contributed by atoms with van der Waals surface area (Å²) in [4.78, 5) is 5.45. The zero-order valence-corrected chi connectivity index (χ0v) is 14.6. The van der Waals surface area contributed by atoms with Crippen LogP contribution in [0.15, 0.2) is 10.5 Å². The van der Waals surface area contributed by atoms with E-state index >= 15 is 0 Å². The molecule has 108 valence electrons. The van der Waals surface area contributed by atoms with Crippen LogP contribution in [0.3, 0.4) is 0 Å². The van der Waals surface area contributed by atoms with E-state index in [0.717, 1.165) is 6.54 Å². The second kappa shape index (κ2) is 7.21. The lowest BCUT2D eigenvalue weighted by atomic mass is 10.0. The Bertz CT molecular complexity index is 377. The maximum absolute atomic E-state index is 3.66. The normalized spacial score (nSPS) is 20.4. The first-order valence-corrected chi connectivity index (χ1v) is 8.89. The van der Waals surface area contributed by atoms with Gasteiger partial charge in [-0.25, -0.2) is 0 Å². The summed E-state index contributed by atoms with van der Waals surface area (Å²) in [7, 11) is 0. The average molecular weight is 345 g/mol. The largest absolute Gasteiger partial charge is 0.313 e. The topological polar surface area (TPSA) is 15.3 Å². The molecule has 1 atom stereocenters. The quantitative estimate of drug-likeness (QED) is 0.862.